The Morgan fingerprint density at radius 2 is 1.76 bits per heavy atom. The fourth-order valence-electron chi connectivity index (χ4n) is 4.80. The molecule has 1 aromatic rings. The molecule has 0 aromatic heterocycles. The lowest BCUT2D eigenvalue weighted by atomic mass is 9.69. The molecule has 7 heteroatoms. The number of aryl methyl sites for hydroxylation is 1. The van der Waals surface area contributed by atoms with Gasteiger partial charge in [-0.3, -0.25) is 9.69 Å². The smallest absolute Gasteiger partial charge is 0.238 e. The van der Waals surface area contributed by atoms with Crippen LogP contribution in [0.25, 0.3) is 0 Å². The van der Waals surface area contributed by atoms with Gasteiger partial charge in [-0.05, 0) is 76.1 Å². The number of hydrogen-bond donors (Lipinski definition) is 1. The minimum absolute atomic E-state index is 0.0180. The Kier molecular flexibility index (Phi) is 6.41. The summed E-state index contributed by atoms with van der Waals surface area (Å²) in [5.74, 6) is 0.0180. The number of carbonyl (C=O) groups is 1. The van der Waals surface area contributed by atoms with E-state index in [4.69, 9.17) is 0 Å². The molecule has 2 fully saturated rings. The number of para-hydroxylation sites is 1. The number of nitrogens with zero attached hydrogens (tertiary/aromatic N) is 2. The second kappa shape index (κ2) is 8.36. The van der Waals surface area contributed by atoms with Crippen molar-refractivity contribution in [2.24, 2.45) is 5.41 Å². The van der Waals surface area contributed by atoms with Crippen molar-refractivity contribution in [3.05, 3.63) is 29.8 Å². The lowest BCUT2D eigenvalue weighted by Gasteiger charge is -2.52. The molecular weight excluding hydrogens is 386 g/mol. The van der Waals surface area contributed by atoms with Crippen molar-refractivity contribution in [3.8, 4) is 0 Å². The third kappa shape index (κ3) is 5.19. The highest BCUT2D eigenvalue weighted by Gasteiger charge is 2.47. The van der Waals surface area contributed by atoms with E-state index in [9.17, 15) is 13.2 Å². The Morgan fingerprint density at radius 1 is 1.10 bits per heavy atom. The van der Waals surface area contributed by atoms with Crippen molar-refractivity contribution in [3.63, 3.8) is 0 Å². The van der Waals surface area contributed by atoms with Crippen molar-refractivity contribution in [2.45, 2.75) is 58.4 Å². The Bertz CT molecular complexity index is 843. The van der Waals surface area contributed by atoms with Crippen LogP contribution in [-0.4, -0.2) is 61.5 Å². The summed E-state index contributed by atoms with van der Waals surface area (Å²) in [5.41, 5.74) is 1.76. The van der Waals surface area contributed by atoms with Gasteiger partial charge in [0.1, 0.15) is 0 Å². The van der Waals surface area contributed by atoms with Crippen LogP contribution in [-0.2, 0) is 21.2 Å². The number of amides is 1. The van der Waals surface area contributed by atoms with Crippen LogP contribution in [0.1, 0.15) is 52.0 Å². The molecule has 1 aromatic carbocycles. The number of likely N-dealkylation sites (tertiary alicyclic amines) is 1. The number of benzene rings is 1. The Balaban J connectivity index is 1.57. The van der Waals surface area contributed by atoms with Gasteiger partial charge < -0.3 is 5.32 Å². The predicted octanol–water partition coefficient (Wildman–Crippen LogP) is 3.10. The summed E-state index contributed by atoms with van der Waals surface area (Å²) in [5, 5.41) is 3.05. The molecule has 162 valence electrons. The molecule has 1 spiro atoms. The van der Waals surface area contributed by atoms with E-state index in [-0.39, 0.29) is 16.9 Å². The molecule has 0 atom stereocenters. The van der Waals surface area contributed by atoms with Crippen molar-refractivity contribution < 1.29 is 13.2 Å². The zero-order valence-corrected chi connectivity index (χ0v) is 19.0. The topological polar surface area (TPSA) is 69.7 Å². The zero-order chi connectivity index (χ0) is 21.3. The number of anilines is 1. The Morgan fingerprint density at radius 3 is 2.38 bits per heavy atom. The van der Waals surface area contributed by atoms with E-state index in [1.165, 1.54) is 6.26 Å². The van der Waals surface area contributed by atoms with Crippen LogP contribution in [0.15, 0.2) is 24.3 Å². The van der Waals surface area contributed by atoms with Gasteiger partial charge in [0.25, 0.3) is 0 Å². The quantitative estimate of drug-likeness (QED) is 0.793. The fraction of sp³-hybridized carbons (Fsp3) is 0.682. The largest absolute Gasteiger partial charge is 0.325 e. The molecule has 0 unspecified atom stereocenters. The molecule has 1 amide bonds. The van der Waals surface area contributed by atoms with Gasteiger partial charge >= 0.3 is 0 Å². The number of sulfonamides is 1. The first-order chi connectivity index (χ1) is 13.5. The fourth-order valence-corrected chi connectivity index (χ4v) is 6.29. The molecule has 3 rings (SSSR count). The first kappa shape index (κ1) is 22.2. The summed E-state index contributed by atoms with van der Waals surface area (Å²) < 4.78 is 26.4. The van der Waals surface area contributed by atoms with Crippen LogP contribution < -0.4 is 5.32 Å². The molecule has 0 aliphatic carbocycles. The maximum atomic E-state index is 12.5. The molecule has 0 saturated carbocycles. The lowest BCUT2D eigenvalue weighted by molar-refractivity contribution is -0.118. The van der Waals surface area contributed by atoms with E-state index in [1.54, 1.807) is 4.31 Å². The maximum absolute atomic E-state index is 12.5. The molecule has 6 nitrogen and oxygen atoms in total. The highest BCUT2D eigenvalue weighted by Crippen LogP contribution is 2.45. The SMILES string of the molecule is CCc1ccccc1NC(=O)CN1CCC2(CC1)CCC(C)(C)N(S(C)(=O)=O)C2. The van der Waals surface area contributed by atoms with E-state index in [2.05, 4.69) is 17.1 Å². The minimum Gasteiger partial charge on any atom is -0.325 e. The Hall–Kier alpha value is -1.44. The normalized spacial score (nSPS) is 22.5. The van der Waals surface area contributed by atoms with Crippen molar-refractivity contribution in [2.75, 3.05) is 37.8 Å². The van der Waals surface area contributed by atoms with Crippen LogP contribution in [0.4, 0.5) is 5.69 Å². The molecule has 1 N–H and O–H groups in total. The van der Waals surface area contributed by atoms with Gasteiger partial charge in [-0.1, -0.05) is 25.1 Å². The molecule has 2 heterocycles. The van der Waals surface area contributed by atoms with Crippen LogP contribution in [0.3, 0.4) is 0 Å². The van der Waals surface area contributed by atoms with E-state index < -0.39 is 10.0 Å². The summed E-state index contributed by atoms with van der Waals surface area (Å²) in [7, 11) is -3.23. The van der Waals surface area contributed by atoms with Gasteiger partial charge in [0.05, 0.1) is 12.8 Å². The zero-order valence-electron chi connectivity index (χ0n) is 18.2. The summed E-state index contributed by atoms with van der Waals surface area (Å²) in [6.07, 6.45) is 6.02. The van der Waals surface area contributed by atoms with Crippen molar-refractivity contribution >= 4 is 21.6 Å². The molecule has 2 aliphatic rings. The minimum atomic E-state index is -3.23. The number of nitrogens with one attached hydrogen (secondary N) is 1. The van der Waals surface area contributed by atoms with Crippen LogP contribution in [0.5, 0.6) is 0 Å². The van der Waals surface area contributed by atoms with E-state index in [0.717, 1.165) is 56.4 Å². The summed E-state index contributed by atoms with van der Waals surface area (Å²) in [4.78, 5) is 14.7. The number of carbonyl (C=O) groups excluding carboxylic acids is 1. The van der Waals surface area contributed by atoms with Gasteiger partial charge in [0, 0.05) is 17.8 Å². The first-order valence-corrected chi connectivity index (χ1v) is 12.5. The summed E-state index contributed by atoms with van der Waals surface area (Å²) in [6.45, 7) is 8.78. The highest BCUT2D eigenvalue weighted by molar-refractivity contribution is 7.88. The standard InChI is InChI=1S/C22H35N3O3S/c1-5-18-8-6-7-9-19(18)23-20(26)16-24-14-12-22(13-15-24)11-10-21(2,3)25(17-22)29(4,27)28/h6-9H,5,10-17H2,1-4H3,(H,23,26). The molecule has 2 saturated heterocycles. The number of hydrogen-bond acceptors (Lipinski definition) is 4. The monoisotopic (exact) mass is 421 g/mol. The van der Waals surface area contributed by atoms with Crippen molar-refractivity contribution in [1.29, 1.82) is 0 Å². The van der Waals surface area contributed by atoms with Gasteiger partial charge in [0.2, 0.25) is 15.9 Å². The molecule has 0 radical (unpaired) electrons. The van der Waals surface area contributed by atoms with Gasteiger partial charge in [0.15, 0.2) is 0 Å². The van der Waals surface area contributed by atoms with Crippen LogP contribution in [0.2, 0.25) is 0 Å². The molecular formula is C22H35N3O3S. The molecule has 0 bridgehead atoms. The van der Waals surface area contributed by atoms with Gasteiger partial charge in [-0.25, -0.2) is 8.42 Å². The predicted molar refractivity (Wildman–Crippen MR) is 117 cm³/mol. The van der Waals surface area contributed by atoms with Gasteiger partial charge in [-0.2, -0.15) is 4.31 Å². The summed E-state index contributed by atoms with van der Waals surface area (Å²) >= 11 is 0. The average Bonchev–Trinajstić information content (AvgIpc) is 2.65. The third-order valence-corrected chi connectivity index (χ3v) is 8.20. The Labute approximate surface area is 175 Å². The highest BCUT2D eigenvalue weighted by atomic mass is 32.2. The number of piperidine rings is 2. The third-order valence-electron chi connectivity index (χ3n) is 6.78. The van der Waals surface area contributed by atoms with Crippen molar-refractivity contribution in [1.82, 2.24) is 9.21 Å². The van der Waals surface area contributed by atoms with E-state index in [0.29, 0.717) is 13.1 Å². The maximum Gasteiger partial charge on any atom is 0.238 e. The van der Waals surface area contributed by atoms with Crippen LogP contribution in [0, 0.1) is 5.41 Å². The number of rotatable bonds is 5. The molecule has 29 heavy (non-hydrogen) atoms. The van der Waals surface area contributed by atoms with Gasteiger partial charge in [-0.15, -0.1) is 0 Å². The second-order valence-corrected chi connectivity index (χ2v) is 11.3. The van der Waals surface area contributed by atoms with E-state index in [1.807, 2.05) is 38.1 Å². The first-order valence-electron chi connectivity index (χ1n) is 10.6. The van der Waals surface area contributed by atoms with Crippen LogP contribution >= 0.6 is 0 Å². The average molecular weight is 422 g/mol. The second-order valence-electron chi connectivity index (χ2n) is 9.42. The van der Waals surface area contributed by atoms with E-state index >= 15 is 0 Å². The summed E-state index contributed by atoms with van der Waals surface area (Å²) in [6, 6.07) is 7.92. The molecule has 2 aliphatic heterocycles. The lowest BCUT2D eigenvalue weighted by Crippen LogP contribution is -2.58.